The van der Waals surface area contributed by atoms with Crippen molar-refractivity contribution in [3.63, 3.8) is 0 Å². The highest BCUT2D eigenvalue weighted by Crippen LogP contribution is 2.48. The van der Waals surface area contributed by atoms with Gasteiger partial charge in [-0.2, -0.15) is 0 Å². The van der Waals surface area contributed by atoms with Crippen LogP contribution in [0.5, 0.6) is 0 Å². The third kappa shape index (κ3) is 20.6. The third-order valence-electron chi connectivity index (χ3n) is 10.1. The van der Waals surface area contributed by atoms with Gasteiger partial charge in [0, 0.05) is 38.5 Å². The van der Waals surface area contributed by atoms with Crippen molar-refractivity contribution in [2.75, 3.05) is 51.9 Å². The number of aliphatic hydroxyl groups excluding tert-OH is 5. The van der Waals surface area contributed by atoms with E-state index < -0.39 is 93.8 Å². The second-order valence-electron chi connectivity index (χ2n) is 18.0. The highest BCUT2D eigenvalue weighted by Gasteiger charge is 2.49. The van der Waals surface area contributed by atoms with Crippen LogP contribution in [0.25, 0.3) is 0 Å². The monoisotopic (exact) mass is 982 g/mol. The minimum absolute atomic E-state index is 0.0479. The zero-order valence-electron chi connectivity index (χ0n) is 37.7. The number of hydrogen-bond acceptors (Lipinski definition) is 19. The Balaban J connectivity index is 1.21. The van der Waals surface area contributed by atoms with E-state index in [-0.39, 0.29) is 63.5 Å². The van der Waals surface area contributed by atoms with Gasteiger partial charge in [-0.25, -0.2) is 9.13 Å². The molecule has 374 valence electrons. The molecule has 8 unspecified atom stereocenters. The van der Waals surface area contributed by atoms with E-state index in [0.717, 1.165) is 12.8 Å². The molecule has 22 nitrogen and oxygen atoms in total. The fraction of sp³-hybridized carbons (Fsp3) is 0.923. The van der Waals surface area contributed by atoms with Gasteiger partial charge in [-0.05, 0) is 79.4 Å². The molecule has 0 aliphatic carbocycles. The summed E-state index contributed by atoms with van der Waals surface area (Å²) in [5.41, 5.74) is -1.26. The molecule has 0 spiro atoms. The van der Waals surface area contributed by atoms with Gasteiger partial charge in [0.1, 0.15) is 36.6 Å². The van der Waals surface area contributed by atoms with Crippen LogP contribution in [-0.2, 0) is 60.6 Å². The average Bonchev–Trinajstić information content (AvgIpc) is 3.73. The molecule has 0 saturated carbocycles. The van der Waals surface area contributed by atoms with Gasteiger partial charge in [-0.3, -0.25) is 37.4 Å². The lowest BCUT2D eigenvalue weighted by molar-refractivity contribution is -0.147. The molecule has 3 aliphatic heterocycles. The van der Waals surface area contributed by atoms with Crippen LogP contribution < -0.4 is 5.32 Å². The van der Waals surface area contributed by atoms with Crippen molar-refractivity contribution in [2.24, 2.45) is 5.92 Å². The first-order chi connectivity index (χ1) is 29.8. The number of amides is 3. The molecule has 3 aliphatic rings. The minimum atomic E-state index is -4.74. The normalized spacial score (nSPS) is 29.0. The number of likely N-dealkylation sites (tertiary alicyclic amines) is 1. The SMILES string of the molecule is CC(C)(C)OC[C@H]1O[C@@H](O)C(O)C1OP(=O)(O)OCC(CO)CCCCNC(=O)CCCN1C(=O)CC(SCCCCCCOP(=O)(O)OC[C@H]2O[C@@H](O)C(O)C2OC(C)(C)C)C1=O. The summed E-state index contributed by atoms with van der Waals surface area (Å²) in [7, 11) is -9.18. The van der Waals surface area contributed by atoms with Gasteiger partial charge in [-0.1, -0.05) is 19.3 Å². The molecule has 0 aromatic carbocycles. The number of ether oxygens (including phenoxy) is 4. The topological polar surface area (TPSA) is 316 Å². The van der Waals surface area contributed by atoms with Gasteiger partial charge in [-0.15, -0.1) is 11.8 Å². The van der Waals surface area contributed by atoms with Crippen molar-refractivity contribution in [2.45, 2.75) is 171 Å². The van der Waals surface area contributed by atoms with E-state index in [1.54, 1.807) is 41.5 Å². The summed E-state index contributed by atoms with van der Waals surface area (Å²) in [4.78, 5) is 59.5. The lowest BCUT2D eigenvalue weighted by Crippen LogP contribution is -2.42. The number of hydrogen-bond donors (Lipinski definition) is 8. The molecule has 3 heterocycles. The Morgan fingerprint density at radius 2 is 1.47 bits per heavy atom. The van der Waals surface area contributed by atoms with Gasteiger partial charge < -0.3 is 59.6 Å². The second-order valence-corrected chi connectivity index (χ2v) is 22.2. The summed E-state index contributed by atoms with van der Waals surface area (Å²) in [5.74, 6) is -0.719. The Hall–Kier alpha value is -1.18. The van der Waals surface area contributed by atoms with Gasteiger partial charge in [0.15, 0.2) is 12.6 Å². The molecule has 3 fully saturated rings. The summed E-state index contributed by atoms with van der Waals surface area (Å²) in [6, 6.07) is 0. The molecular formula is C39H72N2O20P2S. The van der Waals surface area contributed by atoms with Crippen LogP contribution in [0, 0.1) is 5.92 Å². The third-order valence-corrected chi connectivity index (χ3v) is 13.4. The van der Waals surface area contributed by atoms with Crippen molar-refractivity contribution in [1.82, 2.24) is 10.2 Å². The van der Waals surface area contributed by atoms with Crippen molar-refractivity contribution in [1.29, 1.82) is 0 Å². The molecule has 25 heteroatoms. The van der Waals surface area contributed by atoms with Crippen molar-refractivity contribution in [3.8, 4) is 0 Å². The van der Waals surface area contributed by atoms with Crippen LogP contribution in [-0.4, -0.2) is 175 Å². The molecule has 3 rings (SSSR count). The number of rotatable bonds is 30. The van der Waals surface area contributed by atoms with Crippen molar-refractivity contribution >= 4 is 45.1 Å². The molecule has 12 atom stereocenters. The van der Waals surface area contributed by atoms with Gasteiger partial charge in [0.2, 0.25) is 17.7 Å². The molecule has 0 radical (unpaired) electrons. The quantitative estimate of drug-likeness (QED) is 0.0289. The largest absolute Gasteiger partial charge is 0.472 e. The van der Waals surface area contributed by atoms with Gasteiger partial charge >= 0.3 is 15.6 Å². The Morgan fingerprint density at radius 3 is 2.11 bits per heavy atom. The van der Waals surface area contributed by atoms with Crippen LogP contribution in [0.2, 0.25) is 0 Å². The molecule has 64 heavy (non-hydrogen) atoms. The number of aliphatic hydroxyl groups is 5. The Bertz CT molecular complexity index is 1550. The maximum atomic E-state index is 12.9. The Kier molecular flexibility index (Phi) is 23.7. The number of phosphoric ester groups is 2. The zero-order valence-corrected chi connectivity index (χ0v) is 40.3. The summed E-state index contributed by atoms with van der Waals surface area (Å²) in [6.45, 7) is 9.74. The van der Waals surface area contributed by atoms with Crippen LogP contribution in [0.15, 0.2) is 0 Å². The van der Waals surface area contributed by atoms with Crippen LogP contribution in [0.4, 0.5) is 0 Å². The number of nitrogens with one attached hydrogen (secondary N) is 1. The van der Waals surface area contributed by atoms with Gasteiger partial charge in [0.05, 0.1) is 42.9 Å². The van der Waals surface area contributed by atoms with Gasteiger partial charge in [0.25, 0.3) is 0 Å². The predicted octanol–water partition coefficient (Wildman–Crippen LogP) is 1.87. The molecule has 8 N–H and O–H groups in total. The smallest absolute Gasteiger partial charge is 0.396 e. The Morgan fingerprint density at radius 1 is 0.828 bits per heavy atom. The predicted molar refractivity (Wildman–Crippen MR) is 229 cm³/mol. The molecular weight excluding hydrogens is 910 g/mol. The standard InChI is InChI=1S/C39H72N2O20P2S/c1-38(2,3)54-23-26-34(32(46)37(49)58-26)61-63(52,53)56-22-25(21-42)14-9-10-16-40-29(43)15-13-17-41-30(44)20-28(35(41)47)64-19-12-8-7-11-18-55-62(50,51)57-24-27-33(60-39(4,5)6)31(45)36(48)59-27/h25-28,31-34,36-37,42,45-46,48-49H,7-24H2,1-6H3,(H,40,43)(H,50,51)(H,52,53)/t25?,26-,27-,28?,31?,32?,33?,34?,36-,37-/m1/s1. The number of unbranched alkanes of at least 4 members (excludes halogenated alkanes) is 4. The first-order valence-corrected chi connectivity index (χ1v) is 25.8. The first kappa shape index (κ1) is 57.1. The van der Waals surface area contributed by atoms with E-state index in [0.29, 0.717) is 50.8 Å². The van der Waals surface area contributed by atoms with E-state index >= 15 is 0 Å². The van der Waals surface area contributed by atoms with Crippen LogP contribution in [0.3, 0.4) is 0 Å². The summed E-state index contributed by atoms with van der Waals surface area (Å²) >= 11 is 1.39. The molecule has 0 aromatic heterocycles. The van der Waals surface area contributed by atoms with Crippen LogP contribution >= 0.6 is 27.4 Å². The second kappa shape index (κ2) is 26.5. The number of imide groups is 1. The highest BCUT2D eigenvalue weighted by molar-refractivity contribution is 8.00. The van der Waals surface area contributed by atoms with E-state index in [2.05, 4.69) is 5.32 Å². The van der Waals surface area contributed by atoms with E-state index in [1.165, 1.54) is 16.7 Å². The number of carbonyl (C=O) groups excluding carboxylic acids is 3. The highest BCUT2D eigenvalue weighted by atomic mass is 32.2. The molecule has 0 bridgehead atoms. The number of nitrogens with zero attached hydrogens (tertiary/aromatic N) is 1. The number of thioether (sulfide) groups is 1. The number of phosphoric acid groups is 2. The molecule has 3 saturated heterocycles. The summed E-state index contributed by atoms with van der Waals surface area (Å²) < 4.78 is 67.1. The maximum Gasteiger partial charge on any atom is 0.472 e. The summed E-state index contributed by atoms with van der Waals surface area (Å²) in [5, 5.41) is 52.2. The zero-order chi connectivity index (χ0) is 47.9. The van der Waals surface area contributed by atoms with E-state index in [4.69, 9.17) is 37.0 Å². The van der Waals surface area contributed by atoms with E-state index in [1.807, 2.05) is 0 Å². The Labute approximate surface area is 379 Å². The minimum Gasteiger partial charge on any atom is -0.396 e. The fourth-order valence-electron chi connectivity index (χ4n) is 6.79. The first-order valence-electron chi connectivity index (χ1n) is 21.8. The maximum absolute atomic E-state index is 12.9. The summed E-state index contributed by atoms with van der Waals surface area (Å²) in [6.07, 6.45) is -5.96. The average molecular weight is 983 g/mol. The molecule has 3 amide bonds. The fourth-order valence-corrected chi connectivity index (χ4v) is 9.78. The number of carbonyl (C=O) groups is 3. The van der Waals surface area contributed by atoms with E-state index in [9.17, 15) is 58.8 Å². The lowest BCUT2D eigenvalue weighted by atomic mass is 10.0. The van der Waals surface area contributed by atoms with Crippen LogP contribution in [0.1, 0.15) is 106 Å². The molecule has 0 aromatic rings. The van der Waals surface area contributed by atoms with Crippen molar-refractivity contribution in [3.05, 3.63) is 0 Å². The lowest BCUT2D eigenvalue weighted by Gasteiger charge is -2.29. The van der Waals surface area contributed by atoms with Crippen molar-refractivity contribution < 1.29 is 95.9 Å².